The van der Waals surface area contributed by atoms with Crippen LogP contribution >= 0.6 is 0 Å². The van der Waals surface area contributed by atoms with Crippen LogP contribution in [-0.4, -0.2) is 81.9 Å². The van der Waals surface area contributed by atoms with Gasteiger partial charge < -0.3 is 16.0 Å². The summed E-state index contributed by atoms with van der Waals surface area (Å²) in [7, 11) is -3.77. The molecule has 3 aromatic rings. The fraction of sp³-hybridized carbons (Fsp3) is 0.462. The lowest BCUT2D eigenvalue weighted by Crippen LogP contribution is -2.63. The molecule has 2 amide bonds. The molecule has 0 spiro atoms. The highest BCUT2D eigenvalue weighted by Gasteiger charge is 2.46. The Hall–Kier alpha value is -3.65. The number of nitrogens with one attached hydrogen (secondary N) is 1. The number of carbonyl (C=O) groups is 2. The Morgan fingerprint density at radius 3 is 2.55 bits per heavy atom. The third-order valence-corrected chi connectivity index (χ3v) is 9.12. The lowest BCUT2D eigenvalue weighted by Gasteiger charge is -2.42. The Balaban J connectivity index is 1.37. The standard InChI is InChI=1S/C26H29F2N7O4S/c1-13(15-4-5-15)34-9-17-6-16(7-20(40(3,38)39)21(17)25(34)37)19-8-30-23-22(29)32-18(10-35(19)23)24(36)31-14(2)33-11-26(27,28)12-33/h6-8,10,13-15H,4-5,9,11-12H2,1-3H3,(H2,29,32)(H,31,36)/t13-,14?/m0/s1. The number of sulfone groups is 1. The molecule has 14 heteroatoms. The van der Waals surface area contributed by atoms with Crippen LogP contribution in [0, 0.1) is 5.92 Å². The van der Waals surface area contributed by atoms with Crippen molar-refractivity contribution in [2.24, 2.45) is 5.92 Å². The van der Waals surface area contributed by atoms with Crippen LogP contribution in [0.15, 0.2) is 29.4 Å². The van der Waals surface area contributed by atoms with Crippen LogP contribution in [0.25, 0.3) is 16.9 Å². The molecule has 11 nitrogen and oxygen atoms in total. The molecule has 1 unspecified atom stereocenters. The maximum atomic E-state index is 13.3. The number of nitrogens with two attached hydrogens (primary N) is 1. The summed E-state index contributed by atoms with van der Waals surface area (Å²) in [5, 5.41) is 2.66. The number of rotatable bonds is 7. The quantitative estimate of drug-likeness (QED) is 0.438. The molecule has 1 aliphatic carbocycles. The highest BCUT2D eigenvalue weighted by atomic mass is 32.2. The molecule has 1 saturated carbocycles. The SMILES string of the molecule is CC(NC(=O)c1cn2c(-c3cc4c(c(S(C)(=O)=O)c3)C(=O)N([C@@H](C)C3CC3)C4)cnc2c(N)n1)N1CC(F)(F)C1. The van der Waals surface area contributed by atoms with Gasteiger partial charge in [-0.3, -0.25) is 18.9 Å². The van der Waals surface area contributed by atoms with Gasteiger partial charge in [0.25, 0.3) is 17.7 Å². The van der Waals surface area contributed by atoms with Gasteiger partial charge in [0.15, 0.2) is 21.3 Å². The van der Waals surface area contributed by atoms with Crippen LogP contribution in [0.5, 0.6) is 0 Å². The van der Waals surface area contributed by atoms with E-state index in [9.17, 15) is 26.8 Å². The van der Waals surface area contributed by atoms with Crippen LogP contribution in [0.4, 0.5) is 14.6 Å². The van der Waals surface area contributed by atoms with Crippen molar-refractivity contribution in [3.05, 3.63) is 41.3 Å². The van der Waals surface area contributed by atoms with Crippen LogP contribution in [0.3, 0.4) is 0 Å². The van der Waals surface area contributed by atoms with Gasteiger partial charge in [-0.25, -0.2) is 27.2 Å². The van der Waals surface area contributed by atoms with Gasteiger partial charge in [0.05, 0.1) is 41.6 Å². The molecular weight excluding hydrogens is 544 g/mol. The average molecular weight is 574 g/mol. The van der Waals surface area contributed by atoms with Gasteiger partial charge in [-0.05, 0) is 50.3 Å². The number of nitrogens with zero attached hydrogens (tertiary/aromatic N) is 5. The molecule has 0 bridgehead atoms. The fourth-order valence-corrected chi connectivity index (χ4v) is 6.48. The van der Waals surface area contributed by atoms with Gasteiger partial charge in [0, 0.05) is 30.6 Å². The molecule has 6 rings (SSSR count). The lowest BCUT2D eigenvalue weighted by molar-refractivity contribution is -0.146. The van der Waals surface area contributed by atoms with Crippen molar-refractivity contribution in [1.82, 2.24) is 29.5 Å². The lowest BCUT2D eigenvalue weighted by atomic mass is 10.0. The molecule has 212 valence electrons. The number of fused-ring (bicyclic) bond motifs is 2. The van der Waals surface area contributed by atoms with Crippen molar-refractivity contribution in [3.63, 3.8) is 0 Å². The zero-order valence-corrected chi connectivity index (χ0v) is 23.0. The average Bonchev–Trinajstić information content (AvgIpc) is 3.54. The fourth-order valence-electron chi connectivity index (χ4n) is 5.55. The summed E-state index contributed by atoms with van der Waals surface area (Å²) in [6.45, 7) is 2.99. The summed E-state index contributed by atoms with van der Waals surface area (Å²) in [6.07, 6.45) is 5.42. The number of nitrogen functional groups attached to an aromatic ring is 1. The Bertz CT molecular complexity index is 1680. The smallest absolute Gasteiger partial charge is 0.273 e. The summed E-state index contributed by atoms with van der Waals surface area (Å²) in [4.78, 5) is 37.9. The molecule has 40 heavy (non-hydrogen) atoms. The first kappa shape index (κ1) is 26.6. The number of aromatic nitrogens is 3. The number of carbonyl (C=O) groups excluding carboxylic acids is 2. The monoisotopic (exact) mass is 573 g/mol. The van der Waals surface area contributed by atoms with E-state index in [0.29, 0.717) is 29.3 Å². The Morgan fingerprint density at radius 2 is 1.93 bits per heavy atom. The zero-order valence-electron chi connectivity index (χ0n) is 22.2. The normalized spacial score (nSPS) is 20.3. The van der Waals surface area contributed by atoms with E-state index < -0.39 is 40.9 Å². The van der Waals surface area contributed by atoms with Crippen molar-refractivity contribution < 1.29 is 26.8 Å². The second-order valence-electron chi connectivity index (χ2n) is 11.1. The zero-order chi connectivity index (χ0) is 28.7. The van der Waals surface area contributed by atoms with E-state index in [4.69, 9.17) is 5.73 Å². The van der Waals surface area contributed by atoms with Gasteiger partial charge in [-0.1, -0.05) is 0 Å². The molecule has 2 fully saturated rings. The number of anilines is 1. The van der Waals surface area contributed by atoms with Crippen LogP contribution < -0.4 is 11.1 Å². The molecule has 3 aliphatic rings. The highest BCUT2D eigenvalue weighted by Crippen LogP contribution is 2.41. The molecule has 1 saturated heterocycles. The van der Waals surface area contributed by atoms with Gasteiger partial charge in [-0.15, -0.1) is 0 Å². The topological polar surface area (TPSA) is 143 Å². The van der Waals surface area contributed by atoms with Crippen molar-refractivity contribution in [3.8, 4) is 11.3 Å². The molecular formula is C26H29F2N7O4S. The van der Waals surface area contributed by atoms with Gasteiger partial charge in [0.2, 0.25) is 0 Å². The van der Waals surface area contributed by atoms with E-state index in [1.165, 1.54) is 27.8 Å². The highest BCUT2D eigenvalue weighted by molar-refractivity contribution is 7.90. The van der Waals surface area contributed by atoms with Crippen LogP contribution in [0.2, 0.25) is 0 Å². The van der Waals surface area contributed by atoms with Crippen molar-refractivity contribution in [1.29, 1.82) is 0 Å². The van der Waals surface area contributed by atoms with E-state index in [0.717, 1.165) is 19.1 Å². The predicted octanol–water partition coefficient (Wildman–Crippen LogP) is 2.16. The molecule has 1 aromatic carbocycles. The van der Waals surface area contributed by atoms with E-state index >= 15 is 0 Å². The number of amides is 2. The van der Waals surface area contributed by atoms with Gasteiger partial charge in [-0.2, -0.15) is 0 Å². The Kier molecular flexibility index (Phi) is 5.93. The number of halogens is 2. The third kappa shape index (κ3) is 4.48. The minimum absolute atomic E-state index is 0.00313. The van der Waals surface area contributed by atoms with Crippen molar-refractivity contribution in [2.45, 2.75) is 56.3 Å². The first-order valence-electron chi connectivity index (χ1n) is 13.0. The van der Waals surface area contributed by atoms with Crippen molar-refractivity contribution in [2.75, 3.05) is 25.1 Å². The predicted molar refractivity (Wildman–Crippen MR) is 141 cm³/mol. The molecule has 2 atom stereocenters. The second-order valence-corrected chi connectivity index (χ2v) is 13.0. The summed E-state index contributed by atoms with van der Waals surface area (Å²) in [5.74, 6) is -3.30. The molecule has 0 radical (unpaired) electrons. The van der Waals surface area contributed by atoms with E-state index in [1.807, 2.05) is 6.92 Å². The van der Waals surface area contributed by atoms with E-state index in [2.05, 4.69) is 15.3 Å². The number of likely N-dealkylation sites (tertiary alicyclic amines) is 1. The number of alkyl halides is 2. The summed E-state index contributed by atoms with van der Waals surface area (Å²) in [5.41, 5.74) is 8.03. The van der Waals surface area contributed by atoms with Crippen LogP contribution in [-0.2, 0) is 16.4 Å². The minimum Gasteiger partial charge on any atom is -0.381 e. The maximum Gasteiger partial charge on any atom is 0.273 e. The second kappa shape index (κ2) is 8.93. The first-order chi connectivity index (χ1) is 18.7. The largest absolute Gasteiger partial charge is 0.381 e. The third-order valence-electron chi connectivity index (χ3n) is 8.00. The maximum absolute atomic E-state index is 13.3. The van der Waals surface area contributed by atoms with Crippen molar-refractivity contribution >= 4 is 33.1 Å². The summed E-state index contributed by atoms with van der Waals surface area (Å²) in [6, 6.07) is 3.22. The summed E-state index contributed by atoms with van der Waals surface area (Å²) < 4.78 is 53.7. The Morgan fingerprint density at radius 1 is 1.23 bits per heavy atom. The van der Waals surface area contributed by atoms with Gasteiger partial charge in [0.1, 0.15) is 5.69 Å². The first-order valence-corrected chi connectivity index (χ1v) is 14.9. The Labute approximate surface area is 229 Å². The number of hydrogen-bond donors (Lipinski definition) is 2. The molecule has 2 aromatic heterocycles. The van der Waals surface area contributed by atoms with Crippen LogP contribution in [0.1, 0.15) is 53.1 Å². The molecule has 3 N–H and O–H groups in total. The minimum atomic E-state index is -3.77. The summed E-state index contributed by atoms with van der Waals surface area (Å²) >= 11 is 0. The number of hydrogen-bond acceptors (Lipinski definition) is 8. The van der Waals surface area contributed by atoms with Gasteiger partial charge >= 0.3 is 0 Å². The molecule has 4 heterocycles. The van der Waals surface area contributed by atoms with E-state index in [1.54, 1.807) is 17.9 Å². The number of imidazole rings is 1. The molecule has 2 aliphatic heterocycles. The number of benzene rings is 1. The van der Waals surface area contributed by atoms with E-state index in [-0.39, 0.29) is 39.6 Å².